The van der Waals surface area contributed by atoms with Gasteiger partial charge >= 0.3 is 6.18 Å². The van der Waals surface area contributed by atoms with Crippen LogP contribution in [0.15, 0.2) is 58.2 Å². The summed E-state index contributed by atoms with van der Waals surface area (Å²) in [5, 5.41) is 7.43. The summed E-state index contributed by atoms with van der Waals surface area (Å²) in [6.07, 6.45) is -4.34. The van der Waals surface area contributed by atoms with E-state index in [0.717, 1.165) is 22.2 Å². The second-order valence-corrected chi connectivity index (χ2v) is 6.73. The smallest absolute Gasteiger partial charge is 0.258 e. The van der Waals surface area contributed by atoms with Crippen LogP contribution in [0.2, 0.25) is 0 Å². The summed E-state index contributed by atoms with van der Waals surface area (Å²) in [7, 11) is 0. The molecule has 1 aromatic heterocycles. The predicted molar refractivity (Wildman–Crippen MR) is 90.5 cm³/mol. The van der Waals surface area contributed by atoms with Crippen molar-refractivity contribution in [2.75, 3.05) is 0 Å². The van der Waals surface area contributed by atoms with E-state index in [-0.39, 0.29) is 0 Å². The first-order valence-corrected chi connectivity index (χ1v) is 8.67. The number of hydrogen-bond donors (Lipinski definition) is 1. The van der Waals surface area contributed by atoms with Gasteiger partial charge in [-0.15, -0.1) is 5.10 Å². The van der Waals surface area contributed by atoms with Crippen LogP contribution in [0.5, 0.6) is 0 Å². The van der Waals surface area contributed by atoms with E-state index in [1.807, 2.05) is 24.3 Å². The normalized spacial score (nSPS) is 11.7. The zero-order valence-electron chi connectivity index (χ0n) is 12.1. The SMILES string of the molecule is FC(F)(F)c1cccc(CSc2n[nH]c(-c3ccccc3Br)n2)c1. The molecule has 0 aliphatic rings. The third-order valence-corrected chi connectivity index (χ3v) is 4.83. The third kappa shape index (κ3) is 3.99. The molecule has 0 amide bonds. The number of alkyl halides is 3. The number of thioether (sulfide) groups is 1. The van der Waals surface area contributed by atoms with Crippen molar-refractivity contribution in [1.29, 1.82) is 0 Å². The lowest BCUT2D eigenvalue weighted by atomic mass is 10.1. The molecule has 0 saturated heterocycles. The van der Waals surface area contributed by atoms with Crippen LogP contribution in [0.3, 0.4) is 0 Å². The molecular weight excluding hydrogens is 403 g/mol. The van der Waals surface area contributed by atoms with Gasteiger partial charge in [0, 0.05) is 15.8 Å². The second kappa shape index (κ2) is 6.98. The Kier molecular flexibility index (Phi) is 4.96. The minimum absolute atomic E-state index is 0.358. The van der Waals surface area contributed by atoms with Crippen molar-refractivity contribution in [3.63, 3.8) is 0 Å². The molecule has 3 rings (SSSR count). The Labute approximate surface area is 148 Å². The molecule has 8 heteroatoms. The number of aromatic amines is 1. The predicted octanol–water partition coefficient (Wildman–Crippen LogP) is 5.55. The van der Waals surface area contributed by atoms with E-state index in [9.17, 15) is 13.2 Å². The quantitative estimate of drug-likeness (QED) is 0.570. The summed E-state index contributed by atoms with van der Waals surface area (Å²) in [6.45, 7) is 0. The minimum Gasteiger partial charge on any atom is -0.258 e. The summed E-state index contributed by atoms with van der Waals surface area (Å²) in [5.41, 5.74) is 0.794. The third-order valence-electron chi connectivity index (χ3n) is 3.22. The molecule has 0 spiro atoms. The van der Waals surface area contributed by atoms with Crippen LogP contribution in [-0.4, -0.2) is 15.2 Å². The highest BCUT2D eigenvalue weighted by Gasteiger charge is 2.30. The molecule has 0 atom stereocenters. The highest BCUT2D eigenvalue weighted by atomic mass is 79.9. The zero-order valence-corrected chi connectivity index (χ0v) is 14.5. The number of H-pyrrole nitrogens is 1. The molecule has 0 radical (unpaired) electrons. The van der Waals surface area contributed by atoms with Crippen molar-refractivity contribution in [3.8, 4) is 11.4 Å². The fourth-order valence-electron chi connectivity index (χ4n) is 2.07. The van der Waals surface area contributed by atoms with Gasteiger partial charge in [-0.1, -0.05) is 64.1 Å². The van der Waals surface area contributed by atoms with Crippen molar-refractivity contribution < 1.29 is 13.2 Å². The molecule has 0 saturated carbocycles. The number of nitrogens with one attached hydrogen (secondary N) is 1. The molecule has 3 nitrogen and oxygen atoms in total. The van der Waals surface area contributed by atoms with Crippen LogP contribution in [-0.2, 0) is 11.9 Å². The van der Waals surface area contributed by atoms with Gasteiger partial charge in [0.1, 0.15) is 0 Å². The van der Waals surface area contributed by atoms with Gasteiger partial charge in [-0.2, -0.15) is 13.2 Å². The summed E-state index contributed by atoms with van der Waals surface area (Å²) < 4.78 is 39.0. The fourth-order valence-corrected chi connectivity index (χ4v) is 3.28. The molecule has 2 aromatic carbocycles. The van der Waals surface area contributed by atoms with Crippen LogP contribution in [0.25, 0.3) is 11.4 Å². The largest absolute Gasteiger partial charge is 0.416 e. The lowest BCUT2D eigenvalue weighted by Crippen LogP contribution is -2.04. The summed E-state index contributed by atoms with van der Waals surface area (Å²) >= 11 is 4.72. The molecule has 24 heavy (non-hydrogen) atoms. The Morgan fingerprint density at radius 3 is 2.62 bits per heavy atom. The Bertz CT molecular complexity index is 848. The van der Waals surface area contributed by atoms with E-state index in [4.69, 9.17) is 0 Å². The average molecular weight is 414 g/mol. The van der Waals surface area contributed by atoms with Crippen molar-refractivity contribution >= 4 is 27.7 Å². The highest BCUT2D eigenvalue weighted by molar-refractivity contribution is 9.10. The number of nitrogens with zero attached hydrogens (tertiary/aromatic N) is 2. The van der Waals surface area contributed by atoms with Gasteiger partial charge in [0.05, 0.1) is 5.56 Å². The molecule has 3 aromatic rings. The monoisotopic (exact) mass is 413 g/mol. The van der Waals surface area contributed by atoms with Crippen LogP contribution in [0, 0.1) is 0 Å². The van der Waals surface area contributed by atoms with E-state index in [1.165, 1.54) is 17.8 Å². The van der Waals surface area contributed by atoms with Gasteiger partial charge in [-0.25, -0.2) is 4.98 Å². The van der Waals surface area contributed by atoms with E-state index in [2.05, 4.69) is 31.1 Å². The number of halogens is 4. The van der Waals surface area contributed by atoms with E-state index in [0.29, 0.717) is 22.3 Å². The molecule has 1 N–H and O–H groups in total. The Morgan fingerprint density at radius 2 is 1.88 bits per heavy atom. The summed E-state index contributed by atoms with van der Waals surface area (Å²) in [5.74, 6) is 0.964. The number of hydrogen-bond acceptors (Lipinski definition) is 3. The van der Waals surface area contributed by atoms with Gasteiger partial charge in [0.15, 0.2) is 5.82 Å². The first kappa shape index (κ1) is 17.0. The molecule has 0 unspecified atom stereocenters. The van der Waals surface area contributed by atoms with Crippen molar-refractivity contribution in [2.45, 2.75) is 17.1 Å². The Morgan fingerprint density at radius 1 is 1.08 bits per heavy atom. The maximum absolute atomic E-state index is 12.7. The van der Waals surface area contributed by atoms with E-state index in [1.54, 1.807) is 6.07 Å². The van der Waals surface area contributed by atoms with Crippen molar-refractivity contribution in [1.82, 2.24) is 15.2 Å². The molecule has 0 aliphatic carbocycles. The molecule has 0 aliphatic heterocycles. The molecule has 0 fully saturated rings. The van der Waals surface area contributed by atoms with Gasteiger partial charge in [0.25, 0.3) is 0 Å². The van der Waals surface area contributed by atoms with Crippen LogP contribution >= 0.6 is 27.7 Å². The Hall–Kier alpha value is -1.80. The maximum Gasteiger partial charge on any atom is 0.416 e. The van der Waals surface area contributed by atoms with Gasteiger partial charge < -0.3 is 0 Å². The molecule has 124 valence electrons. The van der Waals surface area contributed by atoms with Crippen molar-refractivity contribution in [2.24, 2.45) is 0 Å². The summed E-state index contributed by atoms with van der Waals surface area (Å²) in [4.78, 5) is 4.37. The van der Waals surface area contributed by atoms with Gasteiger partial charge in [-0.3, -0.25) is 5.10 Å². The topological polar surface area (TPSA) is 41.6 Å². The first-order valence-electron chi connectivity index (χ1n) is 6.90. The average Bonchev–Trinajstić information content (AvgIpc) is 3.02. The maximum atomic E-state index is 12.7. The minimum atomic E-state index is -4.34. The van der Waals surface area contributed by atoms with Gasteiger partial charge in [-0.05, 0) is 17.7 Å². The fraction of sp³-hybridized carbons (Fsp3) is 0.125. The number of benzene rings is 2. The standard InChI is InChI=1S/C16H11BrF3N3S/c17-13-7-2-1-6-12(13)14-21-15(23-22-14)24-9-10-4-3-5-11(8-10)16(18,19)20/h1-8H,9H2,(H,21,22,23). The molecule has 1 heterocycles. The molecule has 0 bridgehead atoms. The van der Waals surface area contributed by atoms with Crippen LogP contribution in [0.1, 0.15) is 11.1 Å². The molecular formula is C16H11BrF3N3S. The van der Waals surface area contributed by atoms with Crippen LogP contribution in [0.4, 0.5) is 13.2 Å². The highest BCUT2D eigenvalue weighted by Crippen LogP contribution is 2.31. The van der Waals surface area contributed by atoms with E-state index >= 15 is 0 Å². The number of rotatable bonds is 4. The lowest BCUT2D eigenvalue weighted by molar-refractivity contribution is -0.137. The lowest BCUT2D eigenvalue weighted by Gasteiger charge is -2.07. The van der Waals surface area contributed by atoms with Crippen LogP contribution < -0.4 is 0 Å². The van der Waals surface area contributed by atoms with Gasteiger partial charge in [0.2, 0.25) is 5.16 Å². The van der Waals surface area contributed by atoms with Crippen molar-refractivity contribution in [3.05, 3.63) is 64.1 Å². The van der Waals surface area contributed by atoms with E-state index < -0.39 is 11.7 Å². The summed E-state index contributed by atoms with van der Waals surface area (Å²) in [6, 6.07) is 12.8. The second-order valence-electron chi connectivity index (χ2n) is 4.93. The number of aromatic nitrogens is 3. The Balaban J connectivity index is 1.71. The zero-order chi connectivity index (χ0) is 17.2. The first-order chi connectivity index (χ1) is 11.4.